The van der Waals surface area contributed by atoms with Gasteiger partial charge in [0.2, 0.25) is 0 Å². The van der Waals surface area contributed by atoms with Crippen LogP contribution in [0, 0.1) is 28.6 Å². The molecule has 7 atom stereocenters. The first-order chi connectivity index (χ1) is 9.86. The molecule has 0 unspecified atom stereocenters. The molecule has 0 aromatic heterocycles. The average Bonchev–Trinajstić information content (AvgIpc) is 2.93. The van der Waals surface area contributed by atoms with Crippen LogP contribution in [0.15, 0.2) is 0 Å². The third-order valence-corrected chi connectivity index (χ3v) is 8.88. The van der Waals surface area contributed by atoms with Crippen molar-refractivity contribution in [1.82, 2.24) is 4.72 Å². The summed E-state index contributed by atoms with van der Waals surface area (Å²) in [6, 6.07) is 0. The Balaban J connectivity index is 1.67. The van der Waals surface area contributed by atoms with E-state index in [1.807, 2.05) is 0 Å². The van der Waals surface area contributed by atoms with Crippen LogP contribution in [0.2, 0.25) is 0 Å². The van der Waals surface area contributed by atoms with Gasteiger partial charge in [-0.3, -0.25) is 4.18 Å². The summed E-state index contributed by atoms with van der Waals surface area (Å²) in [5, 5.41) is 0. The Morgan fingerprint density at radius 2 is 2.00 bits per heavy atom. The fourth-order valence-electron chi connectivity index (χ4n) is 6.97. The smallest absolute Gasteiger partial charge is 0.335 e. The molecule has 4 bridgehead atoms. The van der Waals surface area contributed by atoms with Crippen LogP contribution in [0.25, 0.3) is 0 Å². The Morgan fingerprint density at radius 3 is 2.71 bits per heavy atom. The largest absolute Gasteiger partial charge is 0.370 e. The van der Waals surface area contributed by atoms with Crippen molar-refractivity contribution >= 4 is 10.3 Å². The molecule has 0 radical (unpaired) electrons. The van der Waals surface area contributed by atoms with Gasteiger partial charge in [0.05, 0.1) is 18.3 Å². The lowest BCUT2D eigenvalue weighted by Gasteiger charge is -2.54. The molecular formula is C15H23NO4S. The Labute approximate surface area is 126 Å². The third kappa shape index (κ3) is 1.19. The van der Waals surface area contributed by atoms with Gasteiger partial charge in [-0.05, 0) is 43.4 Å². The van der Waals surface area contributed by atoms with Crippen molar-refractivity contribution in [3.05, 3.63) is 0 Å². The number of rotatable bonds is 0. The van der Waals surface area contributed by atoms with Crippen LogP contribution in [-0.4, -0.2) is 33.3 Å². The summed E-state index contributed by atoms with van der Waals surface area (Å²) >= 11 is 0. The molecule has 118 valence electrons. The summed E-state index contributed by atoms with van der Waals surface area (Å²) in [7, 11) is -3.55. The van der Waals surface area contributed by atoms with Crippen LogP contribution in [0.5, 0.6) is 0 Å². The van der Waals surface area contributed by atoms with E-state index in [1.165, 1.54) is 19.3 Å². The van der Waals surface area contributed by atoms with E-state index in [4.69, 9.17) is 8.92 Å². The Hall–Kier alpha value is -0.170. The van der Waals surface area contributed by atoms with Gasteiger partial charge in [0.15, 0.2) is 0 Å². The van der Waals surface area contributed by atoms with E-state index in [9.17, 15) is 8.42 Å². The zero-order valence-corrected chi connectivity index (χ0v) is 13.4. The van der Waals surface area contributed by atoms with Gasteiger partial charge in [-0.1, -0.05) is 13.8 Å². The summed E-state index contributed by atoms with van der Waals surface area (Å²) in [5.74, 6) is 1.71. The van der Waals surface area contributed by atoms with Crippen LogP contribution in [0.3, 0.4) is 0 Å². The van der Waals surface area contributed by atoms with Gasteiger partial charge < -0.3 is 4.74 Å². The van der Waals surface area contributed by atoms with Crippen molar-refractivity contribution in [1.29, 1.82) is 0 Å². The third-order valence-electron chi connectivity index (χ3n) is 7.95. The maximum Gasteiger partial charge on any atom is 0.335 e. The summed E-state index contributed by atoms with van der Waals surface area (Å²) in [6.45, 7) is 5.45. The van der Waals surface area contributed by atoms with Gasteiger partial charge in [0.1, 0.15) is 0 Å². The monoisotopic (exact) mass is 313 g/mol. The van der Waals surface area contributed by atoms with Gasteiger partial charge in [0.25, 0.3) is 0 Å². The second kappa shape index (κ2) is 3.50. The molecule has 3 saturated heterocycles. The zero-order valence-electron chi connectivity index (χ0n) is 12.6. The Kier molecular flexibility index (Phi) is 2.21. The SMILES string of the molecule is C[C@@H]1[C@H]2C[C@@]34C[C@@H]1[C@]1(CNS(=O)(=O)OC1)[C@@]3(CC[C@H]4C)O2. The van der Waals surface area contributed by atoms with E-state index in [0.717, 1.165) is 6.42 Å². The molecule has 6 heteroatoms. The predicted molar refractivity (Wildman–Crippen MR) is 75.6 cm³/mol. The molecule has 6 rings (SSSR count). The zero-order chi connectivity index (χ0) is 14.7. The summed E-state index contributed by atoms with van der Waals surface area (Å²) in [4.78, 5) is 0. The minimum atomic E-state index is -3.55. The molecule has 3 spiro atoms. The molecule has 0 aromatic carbocycles. The summed E-state index contributed by atoms with van der Waals surface area (Å²) < 4.78 is 37.9. The second-order valence-corrected chi connectivity index (χ2v) is 9.58. The van der Waals surface area contributed by atoms with Crippen molar-refractivity contribution in [2.75, 3.05) is 13.2 Å². The van der Waals surface area contributed by atoms with Crippen molar-refractivity contribution in [2.24, 2.45) is 28.6 Å². The predicted octanol–water partition coefficient (Wildman–Crippen LogP) is 1.45. The van der Waals surface area contributed by atoms with Crippen molar-refractivity contribution in [3.8, 4) is 0 Å². The maximum absolute atomic E-state index is 11.7. The summed E-state index contributed by atoms with van der Waals surface area (Å²) in [6.07, 6.45) is 4.99. The Morgan fingerprint density at radius 1 is 1.19 bits per heavy atom. The van der Waals surface area contributed by atoms with Crippen LogP contribution in [-0.2, 0) is 19.2 Å². The number of ether oxygens (including phenoxy) is 1. The fourth-order valence-corrected chi connectivity index (χ4v) is 7.86. The van der Waals surface area contributed by atoms with Gasteiger partial charge in [0, 0.05) is 17.4 Å². The van der Waals surface area contributed by atoms with Crippen molar-refractivity contribution in [2.45, 2.75) is 51.2 Å². The topological polar surface area (TPSA) is 64.6 Å². The quantitative estimate of drug-likeness (QED) is 0.735. The number of hydrogen-bond acceptors (Lipinski definition) is 4. The number of hydrogen-bond donors (Lipinski definition) is 1. The first kappa shape index (κ1) is 13.3. The maximum atomic E-state index is 11.7. The average molecular weight is 313 g/mol. The normalized spacial score (nSPS) is 63.3. The molecular weight excluding hydrogens is 290 g/mol. The van der Waals surface area contributed by atoms with Crippen LogP contribution in [0.4, 0.5) is 0 Å². The van der Waals surface area contributed by atoms with E-state index in [1.54, 1.807) is 0 Å². The van der Waals surface area contributed by atoms with Gasteiger partial charge in [-0.15, -0.1) is 0 Å². The van der Waals surface area contributed by atoms with E-state index >= 15 is 0 Å². The van der Waals surface area contributed by atoms with Crippen molar-refractivity contribution < 1.29 is 17.3 Å². The second-order valence-electron chi connectivity index (χ2n) is 8.15. The lowest BCUT2D eigenvalue weighted by atomic mass is 9.63. The van der Waals surface area contributed by atoms with Gasteiger partial charge in [-0.2, -0.15) is 13.1 Å². The van der Waals surface area contributed by atoms with Gasteiger partial charge >= 0.3 is 10.3 Å². The van der Waals surface area contributed by atoms with E-state index in [0.29, 0.717) is 37.0 Å². The highest BCUT2D eigenvalue weighted by molar-refractivity contribution is 7.84. The van der Waals surface area contributed by atoms with Crippen molar-refractivity contribution in [3.63, 3.8) is 0 Å². The molecule has 0 aromatic rings. The molecule has 21 heavy (non-hydrogen) atoms. The molecule has 6 fully saturated rings. The standard InChI is InChI=1S/C15H23NO4S/c1-9-3-4-15-13(9)5-11(10(2)12(6-13)20-15)14(15)7-16-21(17,18)19-8-14/h9-12,16H,3-8H2,1-2H3/t9-,10+,11+,12-,13-,14-,15+/m1/s1. The fraction of sp³-hybridized carbons (Fsp3) is 1.00. The molecule has 3 heterocycles. The van der Waals surface area contributed by atoms with E-state index < -0.39 is 10.3 Å². The molecule has 1 N–H and O–H groups in total. The lowest BCUT2D eigenvalue weighted by molar-refractivity contribution is -0.210. The van der Waals surface area contributed by atoms with Crippen LogP contribution < -0.4 is 4.72 Å². The highest BCUT2D eigenvalue weighted by atomic mass is 32.2. The minimum absolute atomic E-state index is 0.149. The first-order valence-electron chi connectivity index (χ1n) is 8.18. The number of nitrogens with one attached hydrogen (secondary N) is 1. The Bertz CT molecular complexity index is 605. The molecule has 6 aliphatic rings. The van der Waals surface area contributed by atoms with E-state index in [-0.39, 0.29) is 16.4 Å². The van der Waals surface area contributed by atoms with Gasteiger partial charge in [-0.25, -0.2) is 0 Å². The summed E-state index contributed by atoms with van der Waals surface area (Å²) in [5.41, 5.74) is -0.0410. The highest BCUT2D eigenvalue weighted by Crippen LogP contribution is 2.80. The molecule has 3 aliphatic heterocycles. The molecule has 0 amide bonds. The lowest BCUT2D eigenvalue weighted by Crippen LogP contribution is -2.65. The first-order valence-corrected chi connectivity index (χ1v) is 9.59. The molecule has 3 aliphatic carbocycles. The van der Waals surface area contributed by atoms with Crippen LogP contribution >= 0.6 is 0 Å². The van der Waals surface area contributed by atoms with Crippen LogP contribution in [0.1, 0.15) is 39.5 Å². The highest BCUT2D eigenvalue weighted by Gasteiger charge is 2.83. The van der Waals surface area contributed by atoms with E-state index in [2.05, 4.69) is 18.6 Å². The molecule has 3 saturated carbocycles. The molecule has 5 nitrogen and oxygen atoms in total. The minimum Gasteiger partial charge on any atom is -0.370 e.